The van der Waals surface area contributed by atoms with E-state index in [0.717, 1.165) is 5.56 Å². The first-order valence-electron chi connectivity index (χ1n) is 13.1. The Morgan fingerprint density at radius 3 is 2.30 bits per heavy atom. The number of hydrogen-bond donors (Lipinski definition) is 2. The maximum Gasteiger partial charge on any atom is 0.329 e. The van der Waals surface area contributed by atoms with Crippen molar-refractivity contribution in [2.45, 2.75) is 91.1 Å². The summed E-state index contributed by atoms with van der Waals surface area (Å²) >= 11 is 0. The Hall–Kier alpha value is -2.49. The van der Waals surface area contributed by atoms with Crippen molar-refractivity contribution in [3.63, 3.8) is 0 Å². The molecule has 2 rings (SSSR count). The van der Waals surface area contributed by atoms with Crippen LogP contribution in [0.2, 0.25) is 0 Å². The molecule has 37 heavy (non-hydrogen) atoms. The Bertz CT molecular complexity index is 916. The quantitative estimate of drug-likeness (QED) is 0.428. The molecule has 1 aromatic rings. The zero-order chi connectivity index (χ0) is 28.0. The second-order valence-corrected chi connectivity index (χ2v) is 11.5. The minimum absolute atomic E-state index is 0.0240. The molecule has 1 amide bonds. The number of nitrogens with two attached hydrogens (primary N) is 1. The summed E-state index contributed by atoms with van der Waals surface area (Å²) in [5, 5.41) is 4.52. The van der Waals surface area contributed by atoms with Crippen molar-refractivity contribution in [3.8, 4) is 0 Å². The highest BCUT2D eigenvalue weighted by Gasteiger charge is 2.56. The first-order chi connectivity index (χ1) is 17.2. The van der Waals surface area contributed by atoms with Crippen LogP contribution in [-0.2, 0) is 35.2 Å². The topological polar surface area (TPSA) is 120 Å². The molecule has 5 atom stereocenters. The number of amides is 1. The van der Waals surface area contributed by atoms with E-state index in [1.807, 2.05) is 58.0 Å². The van der Waals surface area contributed by atoms with Gasteiger partial charge >= 0.3 is 11.9 Å². The Labute approximate surface area is 221 Å². The van der Waals surface area contributed by atoms with Crippen molar-refractivity contribution in [2.24, 2.45) is 23.5 Å². The maximum atomic E-state index is 13.7. The molecule has 1 aliphatic rings. The van der Waals surface area contributed by atoms with Gasteiger partial charge in [0.05, 0.1) is 13.0 Å². The third-order valence-electron chi connectivity index (χ3n) is 6.57. The van der Waals surface area contributed by atoms with E-state index in [1.165, 1.54) is 7.11 Å². The van der Waals surface area contributed by atoms with Crippen LogP contribution in [0.4, 0.5) is 0 Å². The third-order valence-corrected chi connectivity index (χ3v) is 6.57. The molecular formula is C28H45N3O6. The minimum Gasteiger partial charge on any atom is -0.467 e. The first-order valence-corrected chi connectivity index (χ1v) is 13.1. The molecule has 9 nitrogen and oxygen atoms in total. The number of nitrogens with one attached hydrogen (secondary N) is 1. The van der Waals surface area contributed by atoms with E-state index in [4.69, 9.17) is 20.0 Å². The molecule has 1 aliphatic heterocycles. The summed E-state index contributed by atoms with van der Waals surface area (Å²) in [4.78, 5) is 46.0. The van der Waals surface area contributed by atoms with Gasteiger partial charge in [-0.1, -0.05) is 64.4 Å². The second kappa shape index (κ2) is 12.8. The van der Waals surface area contributed by atoms with E-state index in [2.05, 4.69) is 5.32 Å². The number of hydroxylamine groups is 2. The van der Waals surface area contributed by atoms with E-state index in [0.29, 0.717) is 13.0 Å². The van der Waals surface area contributed by atoms with Crippen molar-refractivity contribution in [1.29, 1.82) is 0 Å². The Morgan fingerprint density at radius 1 is 1.16 bits per heavy atom. The predicted molar refractivity (Wildman–Crippen MR) is 141 cm³/mol. The lowest BCUT2D eigenvalue weighted by Crippen LogP contribution is -2.63. The lowest BCUT2D eigenvalue weighted by atomic mass is 9.78. The van der Waals surface area contributed by atoms with Gasteiger partial charge in [-0.25, -0.2) is 9.59 Å². The number of ether oxygens (including phenoxy) is 2. The van der Waals surface area contributed by atoms with Gasteiger partial charge in [-0.05, 0) is 44.6 Å². The van der Waals surface area contributed by atoms with E-state index >= 15 is 0 Å². The molecule has 1 heterocycles. The number of carbonyl (C=O) groups excluding carboxylic acids is 3. The van der Waals surface area contributed by atoms with Crippen molar-refractivity contribution in [1.82, 2.24) is 10.4 Å². The van der Waals surface area contributed by atoms with Crippen LogP contribution in [0.15, 0.2) is 30.3 Å². The summed E-state index contributed by atoms with van der Waals surface area (Å²) in [5.74, 6) is -2.51. The molecule has 9 heteroatoms. The van der Waals surface area contributed by atoms with Crippen LogP contribution in [0.1, 0.15) is 66.9 Å². The van der Waals surface area contributed by atoms with Gasteiger partial charge in [0.2, 0.25) is 5.91 Å². The average molecular weight is 520 g/mol. The number of carbonyl (C=O) groups is 3. The smallest absolute Gasteiger partial charge is 0.329 e. The van der Waals surface area contributed by atoms with Crippen LogP contribution in [0.25, 0.3) is 0 Å². The predicted octanol–water partition coefficient (Wildman–Crippen LogP) is 3.21. The van der Waals surface area contributed by atoms with Crippen LogP contribution < -0.4 is 11.1 Å². The molecule has 3 N–H and O–H groups in total. The number of benzene rings is 1. The standard InChI is InChI=1S/C28H45N3O6/c1-9-19(4)22(25(33)35-8)30-24(32)21-17-31(16-20-13-11-10-12-14-20)37-23(21)28(29,15-18(2)3)26(34)36-27(5,6)7/h10-14,18-19,21-23H,9,15-17,29H2,1-8H3,(H,30,32)/t19-,21?,22-,23?,28-/m0/s1. The van der Waals surface area contributed by atoms with E-state index in [1.54, 1.807) is 25.8 Å². The molecule has 1 saturated heterocycles. The van der Waals surface area contributed by atoms with Gasteiger partial charge in [0.25, 0.3) is 0 Å². The molecule has 0 radical (unpaired) electrons. The van der Waals surface area contributed by atoms with Gasteiger partial charge in [0.15, 0.2) is 0 Å². The van der Waals surface area contributed by atoms with Crippen molar-refractivity contribution in [2.75, 3.05) is 13.7 Å². The third kappa shape index (κ3) is 8.25. The second-order valence-electron chi connectivity index (χ2n) is 11.5. The fourth-order valence-corrected chi connectivity index (χ4v) is 4.58. The van der Waals surface area contributed by atoms with E-state index in [-0.39, 0.29) is 24.8 Å². The van der Waals surface area contributed by atoms with Crippen LogP contribution in [0.5, 0.6) is 0 Å². The van der Waals surface area contributed by atoms with Gasteiger partial charge in [0, 0.05) is 13.1 Å². The molecule has 2 unspecified atom stereocenters. The molecule has 0 saturated carbocycles. The number of hydrogen-bond acceptors (Lipinski definition) is 8. The summed E-state index contributed by atoms with van der Waals surface area (Å²) in [6.07, 6.45) is -0.0817. The monoisotopic (exact) mass is 519 g/mol. The van der Waals surface area contributed by atoms with Gasteiger partial charge in [-0.2, -0.15) is 5.06 Å². The van der Waals surface area contributed by atoms with Gasteiger partial charge < -0.3 is 20.5 Å². The van der Waals surface area contributed by atoms with Crippen molar-refractivity contribution >= 4 is 17.8 Å². The Balaban J connectivity index is 2.45. The Kier molecular flexibility index (Phi) is 10.7. The van der Waals surface area contributed by atoms with Gasteiger partial charge in [-0.3, -0.25) is 9.63 Å². The average Bonchev–Trinajstić information content (AvgIpc) is 3.25. The van der Waals surface area contributed by atoms with E-state index in [9.17, 15) is 14.4 Å². The van der Waals surface area contributed by atoms with Crippen LogP contribution in [0, 0.1) is 17.8 Å². The first kappa shape index (κ1) is 30.7. The van der Waals surface area contributed by atoms with Gasteiger partial charge in [0.1, 0.15) is 23.3 Å². The van der Waals surface area contributed by atoms with Crippen molar-refractivity contribution in [3.05, 3.63) is 35.9 Å². The highest BCUT2D eigenvalue weighted by Crippen LogP contribution is 2.35. The fourth-order valence-electron chi connectivity index (χ4n) is 4.58. The van der Waals surface area contributed by atoms with Crippen LogP contribution in [0.3, 0.4) is 0 Å². The normalized spacial score (nSPS) is 21.7. The molecule has 1 aromatic carbocycles. The summed E-state index contributed by atoms with van der Waals surface area (Å²) in [5.41, 5.74) is 5.46. The fraction of sp³-hybridized carbons (Fsp3) is 0.679. The highest BCUT2D eigenvalue weighted by atomic mass is 16.7. The van der Waals surface area contributed by atoms with Crippen LogP contribution in [-0.4, -0.2) is 59.8 Å². The number of methoxy groups -OCH3 is 1. The van der Waals surface area contributed by atoms with E-state index < -0.39 is 47.0 Å². The maximum absolute atomic E-state index is 13.7. The highest BCUT2D eigenvalue weighted by molar-refractivity contribution is 5.89. The SMILES string of the molecule is CC[C@H](C)[C@H](NC(=O)C1CN(Cc2ccccc2)OC1[C@@](N)(CC(C)C)C(=O)OC(C)(C)C)C(=O)OC. The lowest BCUT2D eigenvalue weighted by molar-refractivity contribution is -0.195. The minimum atomic E-state index is -1.59. The molecular weight excluding hydrogens is 474 g/mol. The van der Waals surface area contributed by atoms with Gasteiger partial charge in [-0.15, -0.1) is 0 Å². The number of esters is 2. The zero-order valence-electron chi connectivity index (χ0n) is 23.6. The lowest BCUT2D eigenvalue weighted by Gasteiger charge is -2.38. The summed E-state index contributed by atoms with van der Waals surface area (Å²) in [7, 11) is 1.29. The summed E-state index contributed by atoms with van der Waals surface area (Å²) < 4.78 is 10.7. The van der Waals surface area contributed by atoms with Crippen LogP contribution >= 0.6 is 0 Å². The summed E-state index contributed by atoms with van der Waals surface area (Å²) in [6.45, 7) is 13.6. The molecule has 0 bridgehead atoms. The molecule has 0 spiro atoms. The number of nitrogens with zero attached hydrogens (tertiary/aromatic N) is 1. The zero-order valence-corrected chi connectivity index (χ0v) is 23.6. The largest absolute Gasteiger partial charge is 0.467 e. The number of rotatable bonds is 11. The molecule has 208 valence electrons. The van der Waals surface area contributed by atoms with Crippen molar-refractivity contribution < 1.29 is 28.7 Å². The summed E-state index contributed by atoms with van der Waals surface area (Å²) in [6, 6.07) is 8.86. The molecule has 1 fully saturated rings. The molecule has 0 aliphatic carbocycles. The Morgan fingerprint density at radius 2 is 1.78 bits per heavy atom. The molecule has 0 aromatic heterocycles.